The molecule has 3 aromatic rings. The number of ether oxygens (including phenoxy) is 1. The number of carbonyl (C=O) groups is 2. The summed E-state index contributed by atoms with van der Waals surface area (Å²) in [5.74, 6) is 0.0388. The van der Waals surface area contributed by atoms with Crippen molar-refractivity contribution < 1.29 is 19.4 Å². The Morgan fingerprint density at radius 1 is 1.21 bits per heavy atom. The number of aromatic hydroxyl groups is 1. The number of hydrazone groups is 1. The molecule has 2 amide bonds. The Hall–Kier alpha value is -3.79. The van der Waals surface area contributed by atoms with E-state index in [1.807, 2.05) is 0 Å². The molecule has 29 heavy (non-hydrogen) atoms. The first-order valence-corrected chi connectivity index (χ1v) is 9.24. The van der Waals surface area contributed by atoms with Crippen LogP contribution in [-0.2, 0) is 11.2 Å². The van der Waals surface area contributed by atoms with Gasteiger partial charge in [-0.3, -0.25) is 14.9 Å². The third kappa shape index (κ3) is 5.84. The van der Waals surface area contributed by atoms with E-state index in [0.717, 1.165) is 11.3 Å². The standard InChI is InChI=1S/C19H17N5O4S/c1-28-15-7-5-13(6-8-15)18(27)21-19-24-23-17(29-19)10-16(26)22-20-11-12-3-2-4-14(25)9-12/h2-9,11,25H,10H2,1H3,(H,22,26)(H,21,24,27)/b20-11+. The number of anilines is 1. The highest BCUT2D eigenvalue weighted by atomic mass is 32.1. The first-order valence-electron chi connectivity index (χ1n) is 8.42. The van der Waals surface area contributed by atoms with Crippen LogP contribution in [0, 0.1) is 0 Å². The van der Waals surface area contributed by atoms with Gasteiger partial charge in [0.1, 0.15) is 16.5 Å². The molecule has 2 aromatic carbocycles. The molecular formula is C19H17N5O4S. The highest BCUT2D eigenvalue weighted by Crippen LogP contribution is 2.18. The van der Waals surface area contributed by atoms with Crippen molar-refractivity contribution >= 4 is 34.5 Å². The van der Waals surface area contributed by atoms with E-state index < -0.39 is 0 Å². The van der Waals surface area contributed by atoms with E-state index in [1.165, 1.54) is 18.3 Å². The van der Waals surface area contributed by atoms with Crippen molar-refractivity contribution in [3.8, 4) is 11.5 Å². The molecule has 3 rings (SSSR count). The Kier molecular flexibility index (Phi) is 6.48. The number of benzene rings is 2. The van der Waals surface area contributed by atoms with Gasteiger partial charge in [-0.05, 0) is 42.0 Å². The second-order valence-corrected chi connectivity index (χ2v) is 6.81. The predicted molar refractivity (Wildman–Crippen MR) is 108 cm³/mol. The molecule has 1 aromatic heterocycles. The molecule has 0 saturated carbocycles. The smallest absolute Gasteiger partial charge is 0.257 e. The van der Waals surface area contributed by atoms with Crippen LogP contribution in [0.5, 0.6) is 11.5 Å². The van der Waals surface area contributed by atoms with Gasteiger partial charge < -0.3 is 9.84 Å². The molecule has 1 heterocycles. The second kappa shape index (κ2) is 9.42. The SMILES string of the molecule is COc1ccc(C(=O)Nc2nnc(CC(=O)N/N=C/c3cccc(O)c3)s2)cc1. The summed E-state index contributed by atoms with van der Waals surface area (Å²) in [6.07, 6.45) is 1.38. The highest BCUT2D eigenvalue weighted by molar-refractivity contribution is 7.15. The van der Waals surface area contributed by atoms with Gasteiger partial charge in [-0.1, -0.05) is 23.5 Å². The zero-order valence-electron chi connectivity index (χ0n) is 15.3. The number of carbonyl (C=O) groups excluding carboxylic acids is 2. The minimum Gasteiger partial charge on any atom is -0.508 e. The number of rotatable bonds is 7. The van der Waals surface area contributed by atoms with Crippen LogP contribution in [0.1, 0.15) is 20.9 Å². The van der Waals surface area contributed by atoms with Gasteiger partial charge in [0.15, 0.2) is 0 Å². The number of phenolic OH excluding ortho intramolecular Hbond substituents is 1. The lowest BCUT2D eigenvalue weighted by molar-refractivity contribution is -0.120. The molecule has 0 saturated heterocycles. The van der Waals surface area contributed by atoms with Crippen molar-refractivity contribution in [1.82, 2.24) is 15.6 Å². The molecule has 0 fully saturated rings. The Morgan fingerprint density at radius 3 is 2.72 bits per heavy atom. The highest BCUT2D eigenvalue weighted by Gasteiger charge is 2.12. The quantitative estimate of drug-likeness (QED) is 0.404. The first-order chi connectivity index (χ1) is 14.0. The summed E-state index contributed by atoms with van der Waals surface area (Å²) in [5, 5.41) is 24.3. The molecule has 0 atom stereocenters. The summed E-state index contributed by atoms with van der Waals surface area (Å²) in [5.41, 5.74) is 3.46. The van der Waals surface area contributed by atoms with Gasteiger partial charge in [0, 0.05) is 5.56 Å². The maximum atomic E-state index is 12.2. The number of methoxy groups -OCH3 is 1. The molecular weight excluding hydrogens is 394 g/mol. The van der Waals surface area contributed by atoms with Gasteiger partial charge in [-0.15, -0.1) is 10.2 Å². The zero-order chi connectivity index (χ0) is 20.6. The molecule has 3 N–H and O–H groups in total. The Balaban J connectivity index is 1.51. The van der Waals surface area contributed by atoms with Crippen LogP contribution in [-0.4, -0.2) is 40.4 Å². The van der Waals surface area contributed by atoms with Crippen LogP contribution in [0.4, 0.5) is 5.13 Å². The van der Waals surface area contributed by atoms with Crippen molar-refractivity contribution in [3.63, 3.8) is 0 Å². The molecule has 0 aliphatic rings. The van der Waals surface area contributed by atoms with E-state index in [0.29, 0.717) is 21.9 Å². The number of amides is 2. The zero-order valence-corrected chi connectivity index (χ0v) is 16.1. The van der Waals surface area contributed by atoms with E-state index in [4.69, 9.17) is 4.74 Å². The van der Waals surface area contributed by atoms with Gasteiger partial charge in [0.05, 0.1) is 19.7 Å². The minimum atomic E-state index is -0.384. The van der Waals surface area contributed by atoms with E-state index in [2.05, 4.69) is 26.0 Å². The van der Waals surface area contributed by atoms with Gasteiger partial charge in [0.2, 0.25) is 11.0 Å². The average molecular weight is 411 g/mol. The summed E-state index contributed by atoms with van der Waals surface area (Å²) in [6, 6.07) is 13.1. The second-order valence-electron chi connectivity index (χ2n) is 5.75. The molecule has 0 unspecified atom stereocenters. The third-order valence-electron chi connectivity index (χ3n) is 3.62. The first kappa shape index (κ1) is 20.0. The van der Waals surface area contributed by atoms with Crippen LogP contribution >= 0.6 is 11.3 Å². The van der Waals surface area contributed by atoms with Crippen LogP contribution in [0.2, 0.25) is 0 Å². The van der Waals surface area contributed by atoms with Crippen molar-refractivity contribution in [1.29, 1.82) is 0 Å². The number of nitrogens with zero attached hydrogens (tertiary/aromatic N) is 3. The monoisotopic (exact) mass is 411 g/mol. The van der Waals surface area contributed by atoms with Crippen molar-refractivity contribution in [2.45, 2.75) is 6.42 Å². The van der Waals surface area contributed by atoms with Crippen molar-refractivity contribution in [2.24, 2.45) is 5.10 Å². The summed E-state index contributed by atoms with van der Waals surface area (Å²) in [6.45, 7) is 0. The predicted octanol–water partition coefficient (Wildman–Crippen LogP) is 2.20. The van der Waals surface area contributed by atoms with Gasteiger partial charge in [0.25, 0.3) is 5.91 Å². The Bertz CT molecular complexity index is 1030. The van der Waals surface area contributed by atoms with Gasteiger partial charge in [-0.2, -0.15) is 5.10 Å². The Labute approximate surface area is 170 Å². The van der Waals surface area contributed by atoms with Crippen LogP contribution in [0.25, 0.3) is 0 Å². The fourth-order valence-corrected chi connectivity index (χ4v) is 2.98. The summed E-state index contributed by atoms with van der Waals surface area (Å²) >= 11 is 1.10. The molecule has 0 aliphatic heterocycles. The lowest BCUT2D eigenvalue weighted by Crippen LogP contribution is -2.19. The van der Waals surface area contributed by atoms with Crippen LogP contribution < -0.4 is 15.5 Å². The van der Waals surface area contributed by atoms with Crippen LogP contribution in [0.15, 0.2) is 53.6 Å². The fraction of sp³-hybridized carbons (Fsp3) is 0.105. The molecule has 10 heteroatoms. The van der Waals surface area contributed by atoms with Gasteiger partial charge in [-0.25, -0.2) is 5.43 Å². The number of hydrogen-bond donors (Lipinski definition) is 3. The molecule has 148 valence electrons. The van der Waals surface area contributed by atoms with Crippen LogP contribution in [0.3, 0.4) is 0 Å². The van der Waals surface area contributed by atoms with E-state index >= 15 is 0 Å². The number of hydrogen-bond acceptors (Lipinski definition) is 8. The molecule has 0 spiro atoms. The van der Waals surface area contributed by atoms with E-state index in [1.54, 1.807) is 43.5 Å². The number of aromatic nitrogens is 2. The number of nitrogens with one attached hydrogen (secondary N) is 2. The van der Waals surface area contributed by atoms with Crippen molar-refractivity contribution in [3.05, 3.63) is 64.7 Å². The summed E-state index contributed by atoms with van der Waals surface area (Å²) in [4.78, 5) is 24.2. The fourth-order valence-electron chi connectivity index (χ4n) is 2.25. The van der Waals surface area contributed by atoms with E-state index in [-0.39, 0.29) is 29.1 Å². The molecule has 0 radical (unpaired) electrons. The van der Waals surface area contributed by atoms with E-state index in [9.17, 15) is 14.7 Å². The maximum Gasteiger partial charge on any atom is 0.257 e. The molecule has 0 aliphatic carbocycles. The number of phenols is 1. The van der Waals surface area contributed by atoms with Crippen molar-refractivity contribution in [2.75, 3.05) is 12.4 Å². The van der Waals surface area contributed by atoms with Gasteiger partial charge >= 0.3 is 0 Å². The minimum absolute atomic E-state index is 0.0343. The third-order valence-corrected chi connectivity index (χ3v) is 4.46. The summed E-state index contributed by atoms with van der Waals surface area (Å²) in [7, 11) is 1.55. The normalized spacial score (nSPS) is 10.7. The average Bonchev–Trinajstić information content (AvgIpc) is 3.14. The lowest BCUT2D eigenvalue weighted by atomic mass is 10.2. The lowest BCUT2D eigenvalue weighted by Gasteiger charge is -2.02. The maximum absolute atomic E-state index is 12.2. The molecule has 9 nitrogen and oxygen atoms in total. The summed E-state index contributed by atoms with van der Waals surface area (Å²) < 4.78 is 5.05. The largest absolute Gasteiger partial charge is 0.508 e. The topological polar surface area (TPSA) is 126 Å². The Morgan fingerprint density at radius 2 is 2.00 bits per heavy atom. The molecule has 0 bridgehead atoms.